The van der Waals surface area contributed by atoms with Crippen molar-refractivity contribution in [3.63, 3.8) is 0 Å². The number of hydrogen-bond acceptors (Lipinski definition) is 5. The van der Waals surface area contributed by atoms with Crippen LogP contribution < -0.4 is 0 Å². The highest BCUT2D eigenvalue weighted by Gasteiger charge is 2.57. The van der Waals surface area contributed by atoms with E-state index in [-0.39, 0.29) is 12.6 Å². The van der Waals surface area contributed by atoms with Gasteiger partial charge in [-0.1, -0.05) is 18.2 Å². The summed E-state index contributed by atoms with van der Waals surface area (Å²) in [5, 5.41) is 2.81. The first kappa shape index (κ1) is 18.4. The van der Waals surface area contributed by atoms with Crippen LogP contribution in [0.2, 0.25) is 0 Å². The molecule has 0 saturated carbocycles. The van der Waals surface area contributed by atoms with E-state index >= 15 is 0 Å². The van der Waals surface area contributed by atoms with Crippen molar-refractivity contribution in [1.29, 1.82) is 0 Å². The van der Waals surface area contributed by atoms with Gasteiger partial charge in [0, 0.05) is 32.6 Å². The molecule has 144 valence electrons. The van der Waals surface area contributed by atoms with Crippen molar-refractivity contribution >= 4 is 27.4 Å². The van der Waals surface area contributed by atoms with Crippen LogP contribution in [0.4, 0.5) is 4.79 Å². The van der Waals surface area contributed by atoms with Crippen molar-refractivity contribution in [3.05, 3.63) is 45.9 Å². The van der Waals surface area contributed by atoms with Gasteiger partial charge in [0.25, 0.3) is 0 Å². The summed E-state index contributed by atoms with van der Waals surface area (Å²) in [5.41, 5.74) is 0.787. The quantitative estimate of drug-likeness (QED) is 0.767. The fourth-order valence-electron chi connectivity index (χ4n) is 4.09. The first-order chi connectivity index (χ1) is 12.8. The van der Waals surface area contributed by atoms with E-state index in [1.807, 2.05) is 24.4 Å². The Bertz CT molecular complexity index is 1000. The van der Waals surface area contributed by atoms with Crippen LogP contribution in [0.15, 0.2) is 34.5 Å². The maximum atomic E-state index is 13.4. The van der Waals surface area contributed by atoms with Gasteiger partial charge in [-0.2, -0.15) is 4.31 Å². The van der Waals surface area contributed by atoms with Crippen molar-refractivity contribution in [2.75, 3.05) is 27.2 Å². The molecule has 3 heterocycles. The minimum atomic E-state index is -3.65. The highest BCUT2D eigenvalue weighted by molar-refractivity contribution is 7.89. The van der Waals surface area contributed by atoms with Crippen molar-refractivity contribution in [2.24, 2.45) is 0 Å². The zero-order valence-electron chi connectivity index (χ0n) is 15.5. The summed E-state index contributed by atoms with van der Waals surface area (Å²) in [7, 11) is -0.229. The number of urea groups is 1. The number of carbonyl (C=O) groups is 1. The van der Waals surface area contributed by atoms with Crippen LogP contribution in [0.3, 0.4) is 0 Å². The van der Waals surface area contributed by atoms with Gasteiger partial charge in [-0.25, -0.2) is 18.2 Å². The normalized spacial score (nSPS) is 23.7. The van der Waals surface area contributed by atoms with Gasteiger partial charge in [-0.3, -0.25) is 0 Å². The lowest BCUT2D eigenvalue weighted by Gasteiger charge is -2.34. The van der Waals surface area contributed by atoms with Crippen molar-refractivity contribution < 1.29 is 13.2 Å². The van der Waals surface area contributed by atoms with Crippen LogP contribution in [0.1, 0.15) is 22.7 Å². The fraction of sp³-hybridized carbons (Fsp3) is 0.444. The lowest BCUT2D eigenvalue weighted by molar-refractivity contribution is 0.161. The second-order valence-corrected chi connectivity index (χ2v) is 10.1. The number of likely N-dealkylation sites (tertiary alicyclic amines) is 1. The number of hydrogen-bond donors (Lipinski definition) is 0. The molecule has 1 saturated heterocycles. The summed E-state index contributed by atoms with van der Waals surface area (Å²) < 4.78 is 28.3. The Kier molecular flexibility index (Phi) is 4.28. The molecule has 4 rings (SSSR count). The van der Waals surface area contributed by atoms with Gasteiger partial charge in [0.15, 0.2) is 0 Å². The van der Waals surface area contributed by atoms with Gasteiger partial charge in [-0.05, 0) is 25.0 Å². The molecule has 1 aromatic carbocycles. The summed E-state index contributed by atoms with van der Waals surface area (Å²) in [6.07, 6.45) is 0.575. The number of benzene rings is 1. The van der Waals surface area contributed by atoms with Crippen LogP contribution in [0, 0.1) is 6.92 Å². The number of sulfonamides is 1. The zero-order valence-corrected chi connectivity index (χ0v) is 17.2. The van der Waals surface area contributed by atoms with E-state index in [1.165, 1.54) is 16.2 Å². The number of carbonyl (C=O) groups excluding carboxylic acids is 1. The Balaban J connectivity index is 1.80. The molecule has 9 heteroatoms. The second-order valence-electron chi connectivity index (χ2n) is 7.25. The highest BCUT2D eigenvalue weighted by Crippen LogP contribution is 2.50. The van der Waals surface area contributed by atoms with Crippen LogP contribution in [0.5, 0.6) is 0 Å². The lowest BCUT2D eigenvalue weighted by atomic mass is 9.89. The molecule has 2 amide bonds. The Labute approximate surface area is 163 Å². The average molecular weight is 407 g/mol. The van der Waals surface area contributed by atoms with Crippen LogP contribution >= 0.6 is 11.3 Å². The summed E-state index contributed by atoms with van der Waals surface area (Å²) in [5.74, 6) is 0. The average Bonchev–Trinajstić information content (AvgIpc) is 3.29. The minimum Gasteiger partial charge on any atom is -0.331 e. The van der Waals surface area contributed by atoms with E-state index < -0.39 is 15.6 Å². The molecule has 0 radical (unpaired) electrons. The monoisotopic (exact) mass is 406 g/mol. The number of thiazole rings is 1. The zero-order chi connectivity index (χ0) is 19.4. The number of amides is 2. The standard InChI is InChI=1S/C18H22N4O3S2/c1-13-19-14(11-26-13)10-22-18(8-9-21(12-18)17(23)20(2)3)15-6-4-5-7-16(15)27(22,24)25/h4-7,11H,8-10,12H2,1-3H3. The van der Waals surface area contributed by atoms with Gasteiger partial charge in [0.05, 0.1) is 27.7 Å². The van der Waals surface area contributed by atoms with Gasteiger partial charge in [0.1, 0.15) is 0 Å². The molecule has 7 nitrogen and oxygen atoms in total. The van der Waals surface area contributed by atoms with E-state index in [4.69, 9.17) is 0 Å². The van der Waals surface area contributed by atoms with E-state index in [9.17, 15) is 13.2 Å². The summed E-state index contributed by atoms with van der Waals surface area (Å²) in [6.45, 7) is 2.99. The van der Waals surface area contributed by atoms with Crippen molar-refractivity contribution in [1.82, 2.24) is 19.1 Å². The molecular formula is C18H22N4O3S2. The van der Waals surface area contributed by atoms with Crippen molar-refractivity contribution in [2.45, 2.75) is 30.3 Å². The predicted octanol–water partition coefficient (Wildman–Crippen LogP) is 2.24. The van der Waals surface area contributed by atoms with E-state index in [0.29, 0.717) is 24.4 Å². The van der Waals surface area contributed by atoms with E-state index in [1.54, 1.807) is 35.4 Å². The Morgan fingerprint density at radius 2 is 2.07 bits per heavy atom. The van der Waals surface area contributed by atoms with E-state index in [2.05, 4.69) is 4.98 Å². The largest absolute Gasteiger partial charge is 0.331 e. The Morgan fingerprint density at radius 1 is 1.33 bits per heavy atom. The van der Waals surface area contributed by atoms with Gasteiger partial charge < -0.3 is 9.80 Å². The molecule has 27 heavy (non-hydrogen) atoms. The van der Waals surface area contributed by atoms with E-state index in [0.717, 1.165) is 16.3 Å². The molecule has 1 fully saturated rings. The van der Waals surface area contributed by atoms with Gasteiger partial charge in [-0.15, -0.1) is 11.3 Å². The summed E-state index contributed by atoms with van der Waals surface area (Å²) in [4.78, 5) is 20.6. The van der Waals surface area contributed by atoms with Gasteiger partial charge >= 0.3 is 6.03 Å². The molecule has 1 aromatic heterocycles. The topological polar surface area (TPSA) is 73.8 Å². The van der Waals surface area contributed by atoms with Crippen molar-refractivity contribution in [3.8, 4) is 0 Å². The summed E-state index contributed by atoms with van der Waals surface area (Å²) in [6, 6.07) is 7.05. The number of fused-ring (bicyclic) bond motifs is 2. The molecule has 2 aromatic rings. The Hall–Kier alpha value is -1.97. The molecule has 0 N–H and O–H groups in total. The van der Waals surface area contributed by atoms with Crippen LogP contribution in [-0.4, -0.2) is 60.7 Å². The summed E-state index contributed by atoms with van der Waals surface area (Å²) >= 11 is 1.51. The number of aryl methyl sites for hydroxylation is 1. The third-order valence-electron chi connectivity index (χ3n) is 5.31. The second kappa shape index (κ2) is 6.29. The predicted molar refractivity (Wildman–Crippen MR) is 103 cm³/mol. The molecule has 0 aliphatic carbocycles. The van der Waals surface area contributed by atoms with Crippen LogP contribution in [-0.2, 0) is 22.1 Å². The fourth-order valence-corrected chi connectivity index (χ4v) is 6.72. The first-order valence-electron chi connectivity index (χ1n) is 8.75. The maximum absolute atomic E-state index is 13.4. The number of aromatic nitrogens is 1. The number of rotatable bonds is 2. The SMILES string of the molecule is Cc1nc(CN2C3(CCN(C(=O)N(C)C)C3)c3ccccc3S2(=O)=O)cs1. The lowest BCUT2D eigenvalue weighted by Crippen LogP contribution is -2.47. The molecule has 2 aliphatic heterocycles. The highest BCUT2D eigenvalue weighted by atomic mass is 32.2. The molecular weight excluding hydrogens is 384 g/mol. The Morgan fingerprint density at radius 3 is 2.74 bits per heavy atom. The molecule has 1 atom stereocenters. The van der Waals surface area contributed by atoms with Gasteiger partial charge in [0.2, 0.25) is 10.0 Å². The minimum absolute atomic E-state index is 0.0990. The maximum Gasteiger partial charge on any atom is 0.319 e. The number of nitrogens with zero attached hydrogens (tertiary/aromatic N) is 4. The smallest absolute Gasteiger partial charge is 0.319 e. The third-order valence-corrected chi connectivity index (χ3v) is 8.10. The molecule has 1 unspecified atom stereocenters. The molecule has 2 aliphatic rings. The van der Waals surface area contributed by atoms with Crippen LogP contribution in [0.25, 0.3) is 0 Å². The third kappa shape index (κ3) is 2.76. The molecule has 0 bridgehead atoms. The first-order valence-corrected chi connectivity index (χ1v) is 11.1. The molecule has 1 spiro atoms.